The third-order valence-corrected chi connectivity index (χ3v) is 7.86. The first kappa shape index (κ1) is 26.4. The highest BCUT2D eigenvalue weighted by molar-refractivity contribution is 6.33. The minimum absolute atomic E-state index is 0.261. The maximum atomic E-state index is 12.4. The van der Waals surface area contributed by atoms with Gasteiger partial charge in [0.25, 0.3) is 0 Å². The fourth-order valence-electron chi connectivity index (χ4n) is 5.84. The van der Waals surface area contributed by atoms with E-state index >= 15 is 0 Å². The molecule has 1 aliphatic carbocycles. The summed E-state index contributed by atoms with van der Waals surface area (Å²) < 4.78 is 12.4. The van der Waals surface area contributed by atoms with Gasteiger partial charge in [0, 0.05) is 24.7 Å². The van der Waals surface area contributed by atoms with E-state index in [1.807, 2.05) is 18.2 Å². The number of rotatable bonds is 7. The van der Waals surface area contributed by atoms with Crippen LogP contribution >= 0.6 is 11.6 Å². The first-order valence-corrected chi connectivity index (χ1v) is 13.7. The molecule has 0 unspecified atom stereocenters. The van der Waals surface area contributed by atoms with Gasteiger partial charge >= 0.3 is 5.97 Å². The summed E-state index contributed by atoms with van der Waals surface area (Å²) in [5, 5.41) is 10.4. The molecule has 1 fully saturated rings. The zero-order valence-corrected chi connectivity index (χ0v) is 22.7. The molecule has 0 saturated carbocycles. The third-order valence-electron chi connectivity index (χ3n) is 7.56. The third kappa shape index (κ3) is 5.48. The Hall–Kier alpha value is -3.21. The van der Waals surface area contributed by atoms with Gasteiger partial charge < -0.3 is 5.11 Å². The Kier molecular flexibility index (Phi) is 7.83. The number of benzene rings is 3. The molecule has 0 atom stereocenters. The summed E-state index contributed by atoms with van der Waals surface area (Å²) >= 11 is 6.87. The summed E-state index contributed by atoms with van der Waals surface area (Å²) in [5.41, 5.74) is 11.8. The van der Waals surface area contributed by atoms with Crippen LogP contribution in [0.15, 0.2) is 60.2 Å². The predicted molar refractivity (Wildman–Crippen MR) is 155 cm³/mol. The van der Waals surface area contributed by atoms with Gasteiger partial charge in [0.2, 0.25) is 0 Å². The second kappa shape index (κ2) is 11.3. The van der Waals surface area contributed by atoms with Crippen LogP contribution in [0.25, 0.3) is 17.2 Å². The fourth-order valence-corrected chi connectivity index (χ4v) is 6.28. The van der Waals surface area contributed by atoms with Crippen molar-refractivity contribution in [2.24, 2.45) is 0 Å². The maximum absolute atomic E-state index is 12.4. The van der Waals surface area contributed by atoms with Crippen molar-refractivity contribution >= 4 is 34.8 Å². The van der Waals surface area contributed by atoms with Crippen molar-refractivity contribution in [1.29, 1.82) is 0 Å². The van der Waals surface area contributed by atoms with Crippen LogP contribution < -0.4 is 0 Å². The summed E-state index contributed by atoms with van der Waals surface area (Å²) in [6.45, 7) is 6.53. The highest BCUT2D eigenvalue weighted by Gasteiger charge is 2.24. The molecule has 196 valence electrons. The molecule has 5 rings (SSSR count). The molecule has 0 spiro atoms. The number of halogens is 2. The van der Waals surface area contributed by atoms with Crippen LogP contribution in [0, 0.1) is 13.8 Å². The van der Waals surface area contributed by atoms with E-state index in [2.05, 4.69) is 55.2 Å². The molecule has 38 heavy (non-hydrogen) atoms. The highest BCUT2D eigenvalue weighted by atomic mass is 35.5. The zero-order chi connectivity index (χ0) is 26.8. The largest absolute Gasteiger partial charge is 0.478 e. The molecule has 1 N–H and O–H groups in total. The molecule has 3 nitrogen and oxygen atoms in total. The minimum Gasteiger partial charge on any atom is -0.478 e. The van der Waals surface area contributed by atoms with E-state index in [9.17, 15) is 14.3 Å². The number of likely N-dealkylation sites (tertiary alicyclic amines) is 1. The summed E-state index contributed by atoms with van der Waals surface area (Å²) in [7, 11) is 0. The summed E-state index contributed by atoms with van der Waals surface area (Å²) in [5.74, 6) is -0.906. The van der Waals surface area contributed by atoms with Crippen LogP contribution in [-0.4, -0.2) is 42.3 Å². The Morgan fingerprint density at radius 2 is 1.82 bits per heavy atom. The Bertz CT molecular complexity index is 1410. The van der Waals surface area contributed by atoms with E-state index in [4.69, 9.17) is 11.6 Å². The molecule has 0 bridgehead atoms. The molecule has 3 aromatic carbocycles. The molecule has 0 amide bonds. The zero-order valence-electron chi connectivity index (χ0n) is 22.0. The van der Waals surface area contributed by atoms with E-state index < -0.39 is 5.97 Å². The number of carbonyl (C=O) groups is 1. The monoisotopic (exact) mass is 529 g/mol. The Morgan fingerprint density at radius 3 is 2.50 bits per heavy atom. The molecule has 3 aromatic rings. The van der Waals surface area contributed by atoms with Crippen LogP contribution in [-0.2, 0) is 6.42 Å². The first-order valence-electron chi connectivity index (χ1n) is 13.3. The number of fused-ring (bicyclic) bond motifs is 1. The maximum Gasteiger partial charge on any atom is 0.335 e. The van der Waals surface area contributed by atoms with E-state index in [0.717, 1.165) is 88.4 Å². The average Bonchev–Trinajstić information content (AvgIpc) is 3.04. The van der Waals surface area contributed by atoms with Crippen LogP contribution in [0.5, 0.6) is 0 Å². The lowest BCUT2D eigenvalue weighted by molar-refractivity contribution is 0.0696. The lowest BCUT2D eigenvalue weighted by Gasteiger charge is -2.33. The second-order valence-corrected chi connectivity index (χ2v) is 10.9. The van der Waals surface area contributed by atoms with Crippen molar-refractivity contribution < 1.29 is 14.3 Å². The lowest BCUT2D eigenvalue weighted by Crippen LogP contribution is -2.40. The summed E-state index contributed by atoms with van der Waals surface area (Å²) in [4.78, 5) is 14.0. The van der Waals surface area contributed by atoms with E-state index in [1.165, 1.54) is 11.1 Å². The van der Waals surface area contributed by atoms with Gasteiger partial charge in [-0.15, -0.1) is 0 Å². The van der Waals surface area contributed by atoms with Gasteiger partial charge in [-0.3, -0.25) is 9.29 Å². The van der Waals surface area contributed by atoms with Gasteiger partial charge in [-0.05, 0) is 113 Å². The molecule has 1 heterocycles. The summed E-state index contributed by atoms with van der Waals surface area (Å²) in [6, 6.07) is 18.3. The number of nitrogens with zero attached hydrogens (tertiary/aromatic N) is 1. The van der Waals surface area contributed by atoms with Crippen molar-refractivity contribution in [3.63, 3.8) is 0 Å². The number of allylic oxidation sites excluding steroid dienone is 1. The molecule has 2 aliphatic rings. The van der Waals surface area contributed by atoms with Gasteiger partial charge in [-0.1, -0.05) is 54.1 Å². The topological polar surface area (TPSA) is 40.5 Å². The van der Waals surface area contributed by atoms with Crippen molar-refractivity contribution in [3.8, 4) is 0 Å². The Morgan fingerprint density at radius 1 is 1.05 bits per heavy atom. The number of hydrogen-bond acceptors (Lipinski definition) is 2. The number of carboxylic acid groups (broad SMARTS) is 1. The highest BCUT2D eigenvalue weighted by Crippen LogP contribution is 2.43. The van der Waals surface area contributed by atoms with Gasteiger partial charge in [-0.25, -0.2) is 4.79 Å². The van der Waals surface area contributed by atoms with Gasteiger partial charge in [-0.2, -0.15) is 0 Å². The van der Waals surface area contributed by atoms with Crippen molar-refractivity contribution in [2.75, 3.05) is 26.3 Å². The number of carboxylic acids is 1. The van der Waals surface area contributed by atoms with Crippen LogP contribution in [0.4, 0.5) is 4.39 Å². The summed E-state index contributed by atoms with van der Waals surface area (Å²) in [6.07, 6.45) is 5.42. The fraction of sp³-hybridized carbons (Fsp3) is 0.303. The normalized spacial score (nSPS) is 15.6. The second-order valence-electron chi connectivity index (χ2n) is 10.5. The number of hydrogen-bond donors (Lipinski definition) is 1. The molecular weight excluding hydrogens is 497 g/mol. The van der Waals surface area contributed by atoms with E-state index in [1.54, 1.807) is 6.07 Å². The van der Waals surface area contributed by atoms with Crippen LogP contribution in [0.2, 0.25) is 5.02 Å². The minimum atomic E-state index is -0.906. The van der Waals surface area contributed by atoms with Crippen molar-refractivity contribution in [3.05, 3.63) is 110 Å². The van der Waals surface area contributed by atoms with Crippen molar-refractivity contribution in [2.45, 2.75) is 39.5 Å². The van der Waals surface area contributed by atoms with Crippen molar-refractivity contribution in [1.82, 2.24) is 4.90 Å². The standard InChI is InChI=1S/C33H33ClFNO2/c1-21-15-22(2)31(30(34)16-21)29-6-3-5-26-18-27(33(37)38)11-12-28(26)32(29)25-9-7-23(8-10-25)17-24-19-36(20-24)14-4-13-35/h7-12,15-18H,3-6,13-14,19-20H2,1-2H3,(H,37,38). The number of aromatic carboxylic acids is 1. The predicted octanol–water partition coefficient (Wildman–Crippen LogP) is 8.01. The molecule has 1 saturated heterocycles. The van der Waals surface area contributed by atoms with Crippen LogP contribution in [0.3, 0.4) is 0 Å². The first-order chi connectivity index (χ1) is 18.3. The molecule has 0 aromatic heterocycles. The molecule has 5 heteroatoms. The van der Waals surface area contributed by atoms with Crippen LogP contribution in [0.1, 0.15) is 68.6 Å². The smallest absolute Gasteiger partial charge is 0.335 e. The van der Waals surface area contributed by atoms with Gasteiger partial charge in [0.1, 0.15) is 0 Å². The number of aryl methyl sites for hydroxylation is 3. The Labute approximate surface area is 229 Å². The van der Waals surface area contributed by atoms with E-state index in [0.29, 0.717) is 12.0 Å². The van der Waals surface area contributed by atoms with Gasteiger partial charge in [0.15, 0.2) is 0 Å². The van der Waals surface area contributed by atoms with Gasteiger partial charge in [0.05, 0.1) is 12.2 Å². The lowest BCUT2D eigenvalue weighted by atomic mass is 9.85. The quantitative estimate of drug-likeness (QED) is 0.337. The molecule has 0 radical (unpaired) electrons. The molecular formula is C33H33ClFNO2. The SMILES string of the molecule is Cc1cc(C)c(C2=C(c3ccc(C=C4CN(CCCF)C4)cc3)c3ccc(C(=O)O)cc3CCC2)c(Cl)c1. The number of alkyl halides is 1. The molecule has 1 aliphatic heterocycles. The van der Waals surface area contributed by atoms with E-state index in [-0.39, 0.29) is 6.67 Å². The Balaban J connectivity index is 1.58. The average molecular weight is 530 g/mol.